The molecular formula is C11H24OSi. The summed E-state index contributed by atoms with van der Waals surface area (Å²) >= 11 is 0. The van der Waals surface area contributed by atoms with Crippen molar-refractivity contribution in [1.82, 2.24) is 0 Å². The first-order chi connectivity index (χ1) is 6.24. The first-order valence-electron chi connectivity index (χ1n) is 5.47. The molecule has 0 atom stereocenters. The molecule has 0 rings (SSSR count). The second kappa shape index (κ2) is 7.19. The molecule has 0 unspecified atom stereocenters. The molecule has 13 heavy (non-hydrogen) atoms. The van der Waals surface area contributed by atoms with Gasteiger partial charge in [0.25, 0.3) is 0 Å². The van der Waals surface area contributed by atoms with Gasteiger partial charge in [-0.25, -0.2) is 0 Å². The molecular weight excluding hydrogens is 176 g/mol. The number of allylic oxidation sites excluding steroid dienone is 1. The van der Waals surface area contributed by atoms with Gasteiger partial charge in [-0.15, -0.1) is 0 Å². The highest BCUT2D eigenvalue weighted by molar-refractivity contribution is 6.79. The van der Waals surface area contributed by atoms with Gasteiger partial charge in [0.05, 0.1) is 20.9 Å². The summed E-state index contributed by atoms with van der Waals surface area (Å²) in [6, 6.07) is 5.53. The van der Waals surface area contributed by atoms with Gasteiger partial charge < -0.3 is 4.74 Å². The lowest BCUT2D eigenvalue weighted by Crippen LogP contribution is -2.32. The molecule has 0 N–H and O–H groups in total. The van der Waals surface area contributed by atoms with Crippen LogP contribution in [0.3, 0.4) is 0 Å². The minimum Gasteiger partial charge on any atom is -0.502 e. The summed E-state index contributed by atoms with van der Waals surface area (Å²) in [6.07, 6.45) is 3.76. The lowest BCUT2D eigenvalue weighted by atomic mass is 10.7. The fourth-order valence-corrected chi connectivity index (χ4v) is 4.83. The molecule has 0 heterocycles. The minimum atomic E-state index is -0.926. The first kappa shape index (κ1) is 12.8. The average molecular weight is 200 g/mol. The van der Waals surface area contributed by atoms with Gasteiger partial charge in [0.1, 0.15) is 0 Å². The van der Waals surface area contributed by atoms with Gasteiger partial charge in [-0.3, -0.25) is 0 Å². The van der Waals surface area contributed by atoms with E-state index in [-0.39, 0.29) is 0 Å². The summed E-state index contributed by atoms with van der Waals surface area (Å²) in [5.41, 5.74) is 0. The van der Waals surface area contributed by atoms with Crippen LogP contribution in [0.4, 0.5) is 0 Å². The van der Waals surface area contributed by atoms with Crippen LogP contribution in [0.15, 0.2) is 12.3 Å². The van der Waals surface area contributed by atoms with Crippen LogP contribution >= 0.6 is 0 Å². The summed E-state index contributed by atoms with van der Waals surface area (Å²) in [4.78, 5) is 0. The number of ether oxygens (including phenoxy) is 1. The highest BCUT2D eigenvalue weighted by Gasteiger charge is 2.25. The molecule has 0 aliphatic carbocycles. The van der Waals surface area contributed by atoms with Crippen LogP contribution in [0.25, 0.3) is 0 Å². The van der Waals surface area contributed by atoms with Gasteiger partial charge >= 0.3 is 0 Å². The van der Waals surface area contributed by atoms with Gasteiger partial charge in [-0.2, -0.15) is 0 Å². The van der Waals surface area contributed by atoms with E-state index in [1.807, 2.05) is 13.0 Å². The van der Waals surface area contributed by atoms with Crippen molar-refractivity contribution in [3.63, 3.8) is 0 Å². The van der Waals surface area contributed by atoms with E-state index in [1.165, 1.54) is 24.2 Å². The van der Waals surface area contributed by atoms with Gasteiger partial charge in [0.15, 0.2) is 0 Å². The van der Waals surface area contributed by atoms with Crippen molar-refractivity contribution in [2.24, 2.45) is 0 Å². The Morgan fingerprint density at radius 2 is 1.62 bits per heavy atom. The molecule has 0 saturated heterocycles. The maximum absolute atomic E-state index is 5.40. The van der Waals surface area contributed by atoms with E-state index in [4.69, 9.17) is 4.74 Å². The zero-order valence-electron chi connectivity index (χ0n) is 9.60. The second-order valence-corrected chi connectivity index (χ2v) is 9.27. The van der Waals surface area contributed by atoms with Gasteiger partial charge in [0, 0.05) is 0 Å². The largest absolute Gasteiger partial charge is 0.502 e. The normalized spacial score (nSPS) is 12.3. The van der Waals surface area contributed by atoms with Crippen molar-refractivity contribution >= 4 is 8.07 Å². The van der Waals surface area contributed by atoms with Crippen LogP contribution in [0.1, 0.15) is 27.7 Å². The molecule has 0 spiro atoms. The molecule has 0 fully saturated rings. The zero-order valence-corrected chi connectivity index (χ0v) is 10.6. The van der Waals surface area contributed by atoms with Crippen molar-refractivity contribution in [3.05, 3.63) is 12.3 Å². The van der Waals surface area contributed by atoms with E-state index in [0.29, 0.717) is 0 Å². The first-order valence-corrected chi connectivity index (χ1v) is 8.30. The lowest BCUT2D eigenvalue weighted by molar-refractivity contribution is 0.266. The molecule has 0 aromatic carbocycles. The Morgan fingerprint density at radius 1 is 1.08 bits per heavy atom. The maximum Gasteiger partial charge on any atom is 0.0849 e. The van der Waals surface area contributed by atoms with Crippen LogP contribution in [-0.2, 0) is 4.74 Å². The molecule has 2 heteroatoms. The Labute approximate surface area is 84.2 Å². The van der Waals surface area contributed by atoms with Crippen LogP contribution in [0.5, 0.6) is 0 Å². The average Bonchev–Trinajstić information content (AvgIpc) is 2.20. The molecule has 0 aromatic rings. The summed E-state index contributed by atoms with van der Waals surface area (Å²) in [5, 5.41) is 0. The van der Waals surface area contributed by atoms with Gasteiger partial charge in [0.2, 0.25) is 0 Å². The Kier molecular flexibility index (Phi) is 7.05. The zero-order chi connectivity index (χ0) is 10.2. The Bertz CT molecular complexity index is 131. The lowest BCUT2D eigenvalue weighted by Gasteiger charge is -2.27. The SMILES string of the molecule is CC=COCC[Si](CC)(CC)CC. The Balaban J connectivity index is 3.81. The summed E-state index contributed by atoms with van der Waals surface area (Å²) in [6.45, 7) is 9.94. The third-order valence-electron chi connectivity index (χ3n) is 3.23. The van der Waals surface area contributed by atoms with E-state index in [1.54, 1.807) is 6.26 Å². The van der Waals surface area contributed by atoms with Gasteiger partial charge in [-0.05, 0) is 13.0 Å². The maximum atomic E-state index is 5.40. The second-order valence-electron chi connectivity index (χ2n) is 3.65. The Morgan fingerprint density at radius 3 is 2.00 bits per heavy atom. The van der Waals surface area contributed by atoms with Crippen molar-refractivity contribution in [1.29, 1.82) is 0 Å². The summed E-state index contributed by atoms with van der Waals surface area (Å²) < 4.78 is 5.40. The summed E-state index contributed by atoms with van der Waals surface area (Å²) in [7, 11) is -0.926. The third kappa shape index (κ3) is 4.51. The van der Waals surface area contributed by atoms with E-state index in [2.05, 4.69) is 20.8 Å². The fraction of sp³-hybridized carbons (Fsp3) is 0.818. The molecule has 0 aliphatic rings. The number of hydrogen-bond donors (Lipinski definition) is 0. The molecule has 0 amide bonds. The molecule has 0 saturated carbocycles. The third-order valence-corrected chi connectivity index (χ3v) is 9.00. The topological polar surface area (TPSA) is 9.23 Å². The van der Waals surface area contributed by atoms with Crippen LogP contribution in [-0.4, -0.2) is 14.7 Å². The van der Waals surface area contributed by atoms with Crippen LogP contribution < -0.4 is 0 Å². The smallest absolute Gasteiger partial charge is 0.0849 e. The predicted octanol–water partition coefficient (Wildman–Crippen LogP) is 4.05. The van der Waals surface area contributed by atoms with E-state index < -0.39 is 8.07 Å². The van der Waals surface area contributed by atoms with Crippen LogP contribution in [0.2, 0.25) is 24.2 Å². The van der Waals surface area contributed by atoms with Crippen molar-refractivity contribution in [2.45, 2.75) is 51.9 Å². The predicted molar refractivity (Wildman–Crippen MR) is 62.8 cm³/mol. The highest BCUT2D eigenvalue weighted by Crippen LogP contribution is 2.24. The Hall–Kier alpha value is -0.243. The standard InChI is InChI=1S/C11H24OSi/c1-5-9-12-10-11-13(6-2,7-3)8-4/h5,9H,6-8,10-11H2,1-4H3. The molecule has 0 radical (unpaired) electrons. The van der Waals surface area contributed by atoms with Crippen LogP contribution in [0, 0.1) is 0 Å². The quantitative estimate of drug-likeness (QED) is 0.342. The monoisotopic (exact) mass is 200 g/mol. The number of hydrogen-bond acceptors (Lipinski definition) is 1. The highest BCUT2D eigenvalue weighted by atomic mass is 28.3. The van der Waals surface area contributed by atoms with E-state index in [9.17, 15) is 0 Å². The minimum absolute atomic E-state index is 0.923. The van der Waals surface area contributed by atoms with E-state index in [0.717, 1.165) is 6.61 Å². The fourth-order valence-electron chi connectivity index (χ4n) is 1.72. The molecule has 0 bridgehead atoms. The van der Waals surface area contributed by atoms with Crippen molar-refractivity contribution < 1.29 is 4.74 Å². The molecule has 1 nitrogen and oxygen atoms in total. The summed E-state index contributed by atoms with van der Waals surface area (Å²) in [5.74, 6) is 0. The number of rotatable bonds is 7. The molecule has 0 aromatic heterocycles. The van der Waals surface area contributed by atoms with Crippen molar-refractivity contribution in [3.8, 4) is 0 Å². The molecule has 0 aliphatic heterocycles. The van der Waals surface area contributed by atoms with Gasteiger partial charge in [-0.1, -0.05) is 45.0 Å². The van der Waals surface area contributed by atoms with Crippen molar-refractivity contribution in [2.75, 3.05) is 6.61 Å². The van der Waals surface area contributed by atoms with E-state index >= 15 is 0 Å². The molecule has 78 valence electrons.